The zero-order valence-corrected chi connectivity index (χ0v) is 20.2. The zero-order valence-electron chi connectivity index (χ0n) is 20.2. The monoisotopic (exact) mass is 451 g/mol. The molecule has 2 aliphatic rings. The Bertz CT molecular complexity index is 941. The average molecular weight is 452 g/mol. The topological polar surface area (TPSA) is 55.5 Å². The first-order valence-corrected chi connectivity index (χ1v) is 12.4. The van der Waals surface area contributed by atoms with Crippen molar-refractivity contribution in [2.24, 2.45) is 5.92 Å². The van der Waals surface area contributed by atoms with Crippen LogP contribution in [0.4, 0.5) is 0 Å². The van der Waals surface area contributed by atoms with Gasteiger partial charge < -0.3 is 18.7 Å². The predicted octanol–water partition coefficient (Wildman–Crippen LogP) is 5.36. The van der Waals surface area contributed by atoms with Crippen LogP contribution in [-0.4, -0.2) is 48.4 Å². The number of oxazole rings is 1. The molecular formula is C28H39N2O3+. The molecule has 4 rings (SSSR count). The third-order valence-electron chi connectivity index (χ3n) is 7.10. The van der Waals surface area contributed by atoms with Crippen LogP contribution < -0.4 is 0 Å². The van der Waals surface area contributed by atoms with Crippen molar-refractivity contribution in [3.8, 4) is 0 Å². The van der Waals surface area contributed by atoms with Crippen molar-refractivity contribution in [2.75, 3.05) is 33.9 Å². The van der Waals surface area contributed by atoms with E-state index in [-0.39, 0.29) is 5.92 Å². The zero-order chi connectivity index (χ0) is 23.2. The van der Waals surface area contributed by atoms with E-state index >= 15 is 0 Å². The van der Waals surface area contributed by atoms with Crippen molar-refractivity contribution in [3.05, 3.63) is 77.5 Å². The number of hydrogen-bond donors (Lipinski definition) is 1. The summed E-state index contributed by atoms with van der Waals surface area (Å²) in [4.78, 5) is 4.61. The van der Waals surface area contributed by atoms with E-state index in [1.807, 2.05) is 30.3 Å². The summed E-state index contributed by atoms with van der Waals surface area (Å²) in [6, 6.07) is 9.93. The van der Waals surface area contributed by atoms with Crippen LogP contribution in [0.1, 0.15) is 62.2 Å². The van der Waals surface area contributed by atoms with Crippen molar-refractivity contribution in [1.29, 1.82) is 0 Å². The lowest BCUT2D eigenvalue weighted by Crippen LogP contribution is -2.41. The van der Waals surface area contributed by atoms with E-state index in [1.165, 1.54) is 12.0 Å². The highest BCUT2D eigenvalue weighted by atomic mass is 16.5. The lowest BCUT2D eigenvalue weighted by molar-refractivity contribution is -0.904. The Balaban J connectivity index is 1.41. The molecule has 2 aliphatic carbocycles. The van der Waals surface area contributed by atoms with Gasteiger partial charge in [-0.2, -0.15) is 0 Å². The summed E-state index contributed by atoms with van der Waals surface area (Å²) in [6.45, 7) is 3.00. The van der Waals surface area contributed by atoms with E-state index in [1.54, 1.807) is 6.20 Å². The van der Waals surface area contributed by atoms with Crippen LogP contribution >= 0.6 is 0 Å². The lowest BCUT2D eigenvalue weighted by atomic mass is 9.73. The molecule has 0 bridgehead atoms. The fourth-order valence-electron chi connectivity index (χ4n) is 5.09. The minimum Gasteiger partial charge on any atom is -0.436 e. The van der Waals surface area contributed by atoms with Gasteiger partial charge in [-0.05, 0) is 36.8 Å². The van der Waals surface area contributed by atoms with E-state index in [0.29, 0.717) is 25.6 Å². The number of rotatable bonds is 10. The van der Waals surface area contributed by atoms with E-state index < -0.39 is 5.60 Å². The molecule has 1 saturated carbocycles. The van der Waals surface area contributed by atoms with Crippen molar-refractivity contribution < 1.29 is 18.7 Å². The number of ether oxygens (including phenoxy) is 1. The predicted molar refractivity (Wildman–Crippen MR) is 130 cm³/mol. The Labute approximate surface area is 198 Å². The Hall–Kier alpha value is -2.21. The standard InChI is InChI=1S/C28H39N2O3/c1-30(2,18-19-32-22-23-12-6-3-7-13-23)21-26-20-29-27(33-26)28(31,24-14-8-4-9-15-24)25-16-10-5-11-17-25/h3-4,6,8-9,12,14-15,20,25,31H,5,7,10-11,13,16-19,21-22H2,1-2H3/q+1/t28-/m0/s1. The Morgan fingerprint density at radius 1 is 1.15 bits per heavy atom. The van der Waals surface area contributed by atoms with Gasteiger partial charge in [0.1, 0.15) is 13.1 Å². The second kappa shape index (κ2) is 10.8. The third kappa shape index (κ3) is 6.03. The number of aliphatic hydroxyl groups is 1. The highest BCUT2D eigenvalue weighted by Crippen LogP contribution is 2.43. The summed E-state index contributed by atoms with van der Waals surface area (Å²) in [7, 11) is 4.36. The second-order valence-electron chi connectivity index (χ2n) is 10.3. The first kappa shape index (κ1) is 23.9. The molecule has 0 unspecified atom stereocenters. The van der Waals surface area contributed by atoms with Crippen molar-refractivity contribution in [3.63, 3.8) is 0 Å². The highest BCUT2D eigenvalue weighted by molar-refractivity contribution is 5.30. The molecular weight excluding hydrogens is 412 g/mol. The molecule has 178 valence electrons. The van der Waals surface area contributed by atoms with Gasteiger partial charge in [-0.15, -0.1) is 0 Å². The molecule has 1 aromatic heterocycles. The first-order valence-electron chi connectivity index (χ1n) is 12.4. The molecule has 33 heavy (non-hydrogen) atoms. The van der Waals surface area contributed by atoms with Crippen molar-refractivity contribution in [2.45, 2.75) is 57.1 Å². The van der Waals surface area contributed by atoms with Gasteiger partial charge in [0, 0.05) is 5.92 Å². The Morgan fingerprint density at radius 3 is 2.67 bits per heavy atom. The Kier molecular flexibility index (Phi) is 7.84. The number of nitrogens with zero attached hydrogens (tertiary/aromatic N) is 2. The van der Waals surface area contributed by atoms with Crippen molar-refractivity contribution >= 4 is 0 Å². The summed E-state index contributed by atoms with van der Waals surface area (Å²) < 4.78 is 12.9. The summed E-state index contributed by atoms with van der Waals surface area (Å²) in [5.74, 6) is 1.37. The third-order valence-corrected chi connectivity index (χ3v) is 7.10. The van der Waals surface area contributed by atoms with Gasteiger partial charge in [0.05, 0.1) is 33.5 Å². The molecule has 1 N–H and O–H groups in total. The minimum atomic E-state index is -1.18. The number of benzene rings is 1. The molecule has 1 heterocycles. The van der Waals surface area contributed by atoms with Gasteiger partial charge in [-0.25, -0.2) is 4.98 Å². The largest absolute Gasteiger partial charge is 0.436 e. The molecule has 0 amide bonds. The molecule has 0 aliphatic heterocycles. The second-order valence-corrected chi connectivity index (χ2v) is 10.3. The summed E-state index contributed by atoms with van der Waals surface area (Å²) >= 11 is 0. The van der Waals surface area contributed by atoms with Crippen molar-refractivity contribution in [1.82, 2.24) is 4.98 Å². The Morgan fingerprint density at radius 2 is 1.94 bits per heavy atom. The number of allylic oxidation sites excluding steroid dienone is 3. The molecule has 0 spiro atoms. The molecule has 1 fully saturated rings. The van der Waals surface area contributed by atoms with Gasteiger partial charge >= 0.3 is 0 Å². The van der Waals surface area contributed by atoms with Gasteiger partial charge in [0.2, 0.25) is 5.89 Å². The molecule has 5 heteroatoms. The van der Waals surface area contributed by atoms with E-state index in [9.17, 15) is 5.11 Å². The normalized spacial score (nSPS) is 19.3. The minimum absolute atomic E-state index is 0.125. The van der Waals surface area contributed by atoms with Crippen LogP contribution in [0, 0.1) is 5.92 Å². The molecule has 1 aromatic carbocycles. The maximum atomic E-state index is 12.0. The highest BCUT2D eigenvalue weighted by Gasteiger charge is 2.44. The summed E-state index contributed by atoms with van der Waals surface area (Å²) in [5, 5.41) is 12.0. The van der Waals surface area contributed by atoms with Gasteiger partial charge in [-0.3, -0.25) is 0 Å². The smallest absolute Gasteiger partial charge is 0.231 e. The van der Waals surface area contributed by atoms with E-state index in [0.717, 1.165) is 60.9 Å². The number of hydrogen-bond acceptors (Lipinski definition) is 4. The maximum Gasteiger partial charge on any atom is 0.231 e. The SMILES string of the molecule is C[N+](C)(CCOCC1=CC=CCC1)Cc1cnc([C@](O)(c2ccccc2)C2CCCCC2)o1. The first-order chi connectivity index (χ1) is 16.0. The van der Waals surface area contributed by atoms with Gasteiger partial charge in [-0.1, -0.05) is 67.8 Å². The number of likely N-dealkylation sites (N-methyl/N-ethyl adjacent to an activating group) is 1. The molecule has 0 saturated heterocycles. The summed E-state index contributed by atoms with van der Waals surface area (Å²) in [5.41, 5.74) is 1.06. The average Bonchev–Trinajstić information content (AvgIpc) is 3.31. The molecule has 2 aromatic rings. The van der Waals surface area contributed by atoms with Gasteiger partial charge in [0.25, 0.3) is 0 Å². The number of aromatic nitrogens is 1. The van der Waals surface area contributed by atoms with Crippen LogP contribution in [-0.2, 0) is 16.9 Å². The maximum absolute atomic E-state index is 12.0. The molecule has 1 atom stereocenters. The summed E-state index contributed by atoms with van der Waals surface area (Å²) in [6.07, 6.45) is 16.0. The fraction of sp³-hybridized carbons (Fsp3) is 0.536. The van der Waals surface area contributed by atoms with E-state index in [2.05, 4.69) is 37.3 Å². The van der Waals surface area contributed by atoms with Crippen LogP contribution in [0.3, 0.4) is 0 Å². The van der Waals surface area contributed by atoms with Crippen LogP contribution in [0.25, 0.3) is 0 Å². The molecule has 5 nitrogen and oxygen atoms in total. The van der Waals surface area contributed by atoms with Gasteiger partial charge in [0.15, 0.2) is 11.4 Å². The van der Waals surface area contributed by atoms with E-state index in [4.69, 9.17) is 9.15 Å². The fourth-order valence-corrected chi connectivity index (χ4v) is 5.09. The quantitative estimate of drug-likeness (QED) is 0.390. The molecule has 0 radical (unpaired) electrons. The van der Waals surface area contributed by atoms with Crippen LogP contribution in [0.15, 0.2) is 64.7 Å². The number of quaternary nitrogens is 1. The van der Waals surface area contributed by atoms with Crippen LogP contribution in [0.5, 0.6) is 0 Å². The lowest BCUT2D eigenvalue weighted by Gasteiger charge is -2.36. The van der Waals surface area contributed by atoms with Crippen LogP contribution in [0.2, 0.25) is 0 Å².